The molecule has 4 nitrogen and oxygen atoms in total. The van der Waals surface area contributed by atoms with Gasteiger partial charge >= 0.3 is 0 Å². The summed E-state index contributed by atoms with van der Waals surface area (Å²) in [5, 5.41) is 10.1. The van der Waals surface area contributed by atoms with Gasteiger partial charge in [0.05, 0.1) is 0 Å². The first-order chi connectivity index (χ1) is 8.59. The van der Waals surface area contributed by atoms with Gasteiger partial charge in [-0.1, -0.05) is 6.07 Å². The zero-order valence-corrected chi connectivity index (χ0v) is 10.8. The van der Waals surface area contributed by atoms with Gasteiger partial charge in [-0.05, 0) is 36.5 Å². The van der Waals surface area contributed by atoms with E-state index in [2.05, 4.69) is 0 Å². The predicted octanol–water partition coefficient (Wildman–Crippen LogP) is 1.99. The van der Waals surface area contributed by atoms with Crippen molar-refractivity contribution in [2.45, 2.75) is 18.8 Å². The van der Waals surface area contributed by atoms with Crippen molar-refractivity contribution in [3.05, 3.63) is 29.3 Å². The summed E-state index contributed by atoms with van der Waals surface area (Å²) in [7, 11) is 3.40. The standard InChI is InChI=1S/C14H19NO3/c1-15(2)14(17)11-3-4-12(13(16)9-11)10-5-7-18-8-6-10/h3-4,9-10,16H,5-8H2,1-2H3. The van der Waals surface area contributed by atoms with Crippen LogP contribution < -0.4 is 0 Å². The van der Waals surface area contributed by atoms with Crippen molar-refractivity contribution in [3.63, 3.8) is 0 Å². The summed E-state index contributed by atoms with van der Waals surface area (Å²) in [5.41, 5.74) is 1.45. The minimum atomic E-state index is -0.0937. The fraction of sp³-hybridized carbons (Fsp3) is 0.500. The predicted molar refractivity (Wildman–Crippen MR) is 68.9 cm³/mol. The Morgan fingerprint density at radius 1 is 1.33 bits per heavy atom. The number of aromatic hydroxyl groups is 1. The highest BCUT2D eigenvalue weighted by Crippen LogP contribution is 2.33. The molecule has 1 aliphatic rings. The van der Waals surface area contributed by atoms with Crippen LogP contribution >= 0.6 is 0 Å². The van der Waals surface area contributed by atoms with Crippen molar-refractivity contribution in [2.24, 2.45) is 0 Å². The highest BCUT2D eigenvalue weighted by atomic mass is 16.5. The van der Waals surface area contributed by atoms with Gasteiger partial charge in [-0.3, -0.25) is 4.79 Å². The second-order valence-electron chi connectivity index (χ2n) is 4.86. The van der Waals surface area contributed by atoms with E-state index in [0.29, 0.717) is 11.5 Å². The number of nitrogens with zero attached hydrogens (tertiary/aromatic N) is 1. The molecule has 1 N–H and O–H groups in total. The Hall–Kier alpha value is -1.55. The Balaban J connectivity index is 2.21. The number of rotatable bonds is 2. The van der Waals surface area contributed by atoms with Crippen molar-refractivity contribution < 1.29 is 14.6 Å². The molecule has 1 aromatic rings. The van der Waals surface area contributed by atoms with Crippen LogP contribution in [0.4, 0.5) is 0 Å². The third-order valence-electron chi connectivity index (χ3n) is 3.34. The van der Waals surface area contributed by atoms with Crippen LogP contribution in [0.25, 0.3) is 0 Å². The average Bonchev–Trinajstić information content (AvgIpc) is 2.38. The van der Waals surface area contributed by atoms with Crippen LogP contribution in [0.1, 0.15) is 34.7 Å². The van der Waals surface area contributed by atoms with E-state index in [1.54, 1.807) is 26.2 Å². The number of phenolic OH excluding ortho intramolecular Hbond substituents is 1. The lowest BCUT2D eigenvalue weighted by Crippen LogP contribution is -2.21. The monoisotopic (exact) mass is 249 g/mol. The first kappa shape index (κ1) is 12.9. The topological polar surface area (TPSA) is 49.8 Å². The lowest BCUT2D eigenvalue weighted by atomic mass is 9.90. The molecule has 1 saturated heterocycles. The number of carbonyl (C=O) groups is 1. The third kappa shape index (κ3) is 2.64. The lowest BCUT2D eigenvalue weighted by Gasteiger charge is -2.23. The van der Waals surface area contributed by atoms with E-state index in [1.165, 1.54) is 4.90 Å². The van der Waals surface area contributed by atoms with E-state index in [0.717, 1.165) is 31.6 Å². The number of hydrogen-bond acceptors (Lipinski definition) is 3. The van der Waals surface area contributed by atoms with Crippen LogP contribution in [-0.2, 0) is 4.74 Å². The van der Waals surface area contributed by atoms with Crippen LogP contribution in [0.2, 0.25) is 0 Å². The number of benzene rings is 1. The molecule has 1 heterocycles. The molecule has 0 atom stereocenters. The fourth-order valence-corrected chi connectivity index (χ4v) is 2.29. The second kappa shape index (κ2) is 5.40. The van der Waals surface area contributed by atoms with Crippen molar-refractivity contribution in [2.75, 3.05) is 27.3 Å². The average molecular weight is 249 g/mol. The molecule has 98 valence electrons. The zero-order chi connectivity index (χ0) is 13.1. The molecule has 0 bridgehead atoms. The number of ether oxygens (including phenoxy) is 1. The lowest BCUT2D eigenvalue weighted by molar-refractivity contribution is 0.0823. The summed E-state index contributed by atoms with van der Waals surface area (Å²) in [4.78, 5) is 13.3. The highest BCUT2D eigenvalue weighted by Gasteiger charge is 2.20. The van der Waals surface area contributed by atoms with E-state index < -0.39 is 0 Å². The SMILES string of the molecule is CN(C)C(=O)c1ccc(C2CCOCC2)c(O)c1. The molecule has 0 radical (unpaired) electrons. The van der Waals surface area contributed by atoms with Gasteiger partial charge in [0.15, 0.2) is 0 Å². The molecule has 0 saturated carbocycles. The maximum Gasteiger partial charge on any atom is 0.253 e. The normalized spacial score (nSPS) is 16.6. The molecule has 4 heteroatoms. The van der Waals surface area contributed by atoms with E-state index in [-0.39, 0.29) is 11.7 Å². The summed E-state index contributed by atoms with van der Waals surface area (Å²) in [6.07, 6.45) is 1.85. The van der Waals surface area contributed by atoms with Crippen LogP contribution in [-0.4, -0.2) is 43.2 Å². The Morgan fingerprint density at radius 3 is 2.56 bits per heavy atom. The summed E-state index contributed by atoms with van der Waals surface area (Å²) in [6, 6.07) is 5.21. The van der Waals surface area contributed by atoms with Crippen LogP contribution in [0.3, 0.4) is 0 Å². The molecular formula is C14H19NO3. The van der Waals surface area contributed by atoms with Crippen molar-refractivity contribution in [1.82, 2.24) is 4.90 Å². The van der Waals surface area contributed by atoms with Gasteiger partial charge in [0.1, 0.15) is 5.75 Å². The minimum absolute atomic E-state index is 0.0937. The van der Waals surface area contributed by atoms with E-state index in [1.807, 2.05) is 6.07 Å². The van der Waals surface area contributed by atoms with Gasteiger partial charge in [-0.2, -0.15) is 0 Å². The zero-order valence-electron chi connectivity index (χ0n) is 10.8. The molecule has 0 spiro atoms. The molecule has 2 rings (SSSR count). The summed E-state index contributed by atoms with van der Waals surface area (Å²) in [6.45, 7) is 1.48. The Morgan fingerprint density at radius 2 is 2.00 bits per heavy atom. The molecule has 1 aliphatic heterocycles. The van der Waals surface area contributed by atoms with E-state index in [9.17, 15) is 9.90 Å². The van der Waals surface area contributed by atoms with Gasteiger partial charge in [0.25, 0.3) is 5.91 Å². The molecule has 0 aliphatic carbocycles. The maximum absolute atomic E-state index is 11.8. The van der Waals surface area contributed by atoms with Crippen molar-refractivity contribution in [3.8, 4) is 5.75 Å². The molecule has 1 fully saturated rings. The molecule has 1 aromatic carbocycles. The molecule has 1 amide bonds. The van der Waals surface area contributed by atoms with Crippen molar-refractivity contribution in [1.29, 1.82) is 0 Å². The number of phenols is 1. The smallest absolute Gasteiger partial charge is 0.253 e. The first-order valence-electron chi connectivity index (χ1n) is 6.22. The van der Waals surface area contributed by atoms with Gasteiger partial charge in [-0.15, -0.1) is 0 Å². The fourth-order valence-electron chi connectivity index (χ4n) is 2.29. The molecule has 0 unspecified atom stereocenters. The first-order valence-corrected chi connectivity index (χ1v) is 6.22. The van der Waals surface area contributed by atoms with Crippen molar-refractivity contribution >= 4 is 5.91 Å². The minimum Gasteiger partial charge on any atom is -0.508 e. The van der Waals surface area contributed by atoms with Crippen LogP contribution in [0.15, 0.2) is 18.2 Å². The van der Waals surface area contributed by atoms with Crippen LogP contribution in [0, 0.1) is 0 Å². The maximum atomic E-state index is 11.8. The Labute approximate surface area is 107 Å². The number of amides is 1. The van der Waals surface area contributed by atoms with Gasteiger partial charge in [-0.25, -0.2) is 0 Å². The highest BCUT2D eigenvalue weighted by molar-refractivity contribution is 5.94. The van der Waals surface area contributed by atoms with Gasteiger partial charge in [0.2, 0.25) is 0 Å². The summed E-state index contributed by atoms with van der Waals surface area (Å²) < 4.78 is 5.31. The Kier molecular flexibility index (Phi) is 3.87. The molecule has 18 heavy (non-hydrogen) atoms. The van der Waals surface area contributed by atoms with E-state index in [4.69, 9.17) is 4.74 Å². The number of hydrogen-bond donors (Lipinski definition) is 1. The van der Waals surface area contributed by atoms with Crippen LogP contribution in [0.5, 0.6) is 5.75 Å². The molecular weight excluding hydrogens is 230 g/mol. The second-order valence-corrected chi connectivity index (χ2v) is 4.86. The van der Waals surface area contributed by atoms with E-state index >= 15 is 0 Å². The third-order valence-corrected chi connectivity index (χ3v) is 3.34. The van der Waals surface area contributed by atoms with Gasteiger partial charge in [0, 0.05) is 32.9 Å². The largest absolute Gasteiger partial charge is 0.508 e. The summed E-state index contributed by atoms with van der Waals surface area (Å²) in [5.74, 6) is 0.459. The number of carbonyl (C=O) groups excluding carboxylic acids is 1. The summed E-state index contributed by atoms with van der Waals surface area (Å²) >= 11 is 0. The van der Waals surface area contributed by atoms with Gasteiger partial charge < -0.3 is 14.7 Å². The Bertz CT molecular complexity index is 437. The quantitative estimate of drug-likeness (QED) is 0.872. The molecule has 0 aromatic heterocycles.